The monoisotopic (exact) mass is 694 g/mol. The minimum atomic E-state index is -3.42. The van der Waals surface area contributed by atoms with Crippen LogP contribution in [0.25, 0.3) is 0 Å². The number of carbonyl (C=O) groups excluding carboxylic acids is 5. The zero-order valence-electron chi connectivity index (χ0n) is 27.9. The molecule has 0 fully saturated rings. The van der Waals surface area contributed by atoms with Crippen molar-refractivity contribution in [3.63, 3.8) is 0 Å². The molecule has 1 aliphatic heterocycles. The van der Waals surface area contributed by atoms with E-state index in [1.807, 2.05) is 44.2 Å². The van der Waals surface area contributed by atoms with Crippen molar-refractivity contribution in [1.29, 1.82) is 0 Å². The number of nitrogens with one attached hydrogen (secondary N) is 4. The number of amides is 5. The van der Waals surface area contributed by atoms with Crippen LogP contribution in [-0.4, -0.2) is 85.5 Å². The molecule has 4 rings (SSSR count). The van der Waals surface area contributed by atoms with Gasteiger partial charge in [0.15, 0.2) is 21.3 Å². The summed E-state index contributed by atoms with van der Waals surface area (Å²) in [5.74, 6) is -2.52. The lowest BCUT2D eigenvalue weighted by Crippen LogP contribution is -2.57. The molecule has 0 saturated carbocycles. The van der Waals surface area contributed by atoms with Crippen LogP contribution in [0, 0.1) is 5.92 Å². The van der Waals surface area contributed by atoms with Crippen LogP contribution in [0.3, 0.4) is 0 Å². The van der Waals surface area contributed by atoms with Gasteiger partial charge < -0.3 is 30.7 Å². The molecule has 1 aromatic heterocycles. The maximum absolute atomic E-state index is 13.6. The Morgan fingerprint density at radius 2 is 1.59 bits per heavy atom. The Morgan fingerprint density at radius 1 is 0.918 bits per heavy atom. The highest BCUT2D eigenvalue weighted by Crippen LogP contribution is 2.14. The van der Waals surface area contributed by atoms with E-state index in [1.54, 1.807) is 12.1 Å². The third-order valence-electron chi connectivity index (χ3n) is 7.88. The SMILES string of the molecule is CC(C)C[C@H]1NC(=O)[C@@H](C)NC(=O)c2cc(on2)CN(C(=O)Cc2ccc(S(C)(=O)=O)cc2)CCNC(=O)[C@@H](Cc2ccccc2)NC1=O. The Balaban J connectivity index is 1.62. The Bertz CT molecular complexity index is 1760. The van der Waals surface area contributed by atoms with Crippen LogP contribution >= 0.6 is 0 Å². The first-order valence-electron chi connectivity index (χ1n) is 15.9. The van der Waals surface area contributed by atoms with E-state index in [4.69, 9.17) is 4.52 Å². The van der Waals surface area contributed by atoms with Gasteiger partial charge in [0.1, 0.15) is 18.1 Å². The van der Waals surface area contributed by atoms with E-state index in [9.17, 15) is 32.4 Å². The summed E-state index contributed by atoms with van der Waals surface area (Å²) in [6.07, 6.45) is 1.45. The van der Waals surface area contributed by atoms with Gasteiger partial charge in [-0.05, 0) is 42.5 Å². The predicted molar refractivity (Wildman–Crippen MR) is 179 cm³/mol. The molecule has 15 heteroatoms. The quantitative estimate of drug-likeness (QED) is 0.281. The first-order chi connectivity index (χ1) is 23.2. The molecule has 5 amide bonds. The van der Waals surface area contributed by atoms with Crippen molar-refractivity contribution in [2.24, 2.45) is 5.92 Å². The average molecular weight is 695 g/mol. The van der Waals surface area contributed by atoms with Crippen molar-refractivity contribution in [1.82, 2.24) is 31.3 Å². The van der Waals surface area contributed by atoms with Crippen molar-refractivity contribution in [2.45, 2.75) is 69.6 Å². The fraction of sp³-hybridized carbons (Fsp3) is 0.412. The number of carbonyl (C=O) groups is 5. The summed E-state index contributed by atoms with van der Waals surface area (Å²) in [6, 6.07) is 13.4. The van der Waals surface area contributed by atoms with Crippen LogP contribution in [0.5, 0.6) is 0 Å². The molecule has 0 radical (unpaired) electrons. The van der Waals surface area contributed by atoms with Crippen LogP contribution in [0.15, 0.2) is 70.1 Å². The molecule has 0 aliphatic carbocycles. The number of sulfone groups is 1. The second-order valence-electron chi connectivity index (χ2n) is 12.5. The van der Waals surface area contributed by atoms with Gasteiger partial charge in [-0.15, -0.1) is 0 Å². The van der Waals surface area contributed by atoms with Crippen LogP contribution in [0.2, 0.25) is 0 Å². The standard InChI is InChI=1S/C34H42N6O8S/c1-21(2)16-27-33(44)38-28(17-23-8-6-5-7-9-23)32(43)35-14-15-40(30(41)18-24-10-12-26(13-11-24)49(4,46)47)20-25-19-29(39-48-25)34(45)36-22(3)31(42)37-27/h5-13,19,21-22,27-28H,14-18,20H2,1-4H3,(H,35,43)(H,36,45)(H,37,42)(H,38,44)/t22-,27-,28-/m1/s1. The largest absolute Gasteiger partial charge is 0.359 e. The van der Waals surface area contributed by atoms with E-state index in [-0.39, 0.29) is 67.1 Å². The number of fused-ring (bicyclic) bond motifs is 2. The Morgan fingerprint density at radius 3 is 2.24 bits per heavy atom. The molecule has 0 saturated heterocycles. The molecular formula is C34H42N6O8S. The minimum Gasteiger partial charge on any atom is -0.359 e. The molecule has 0 spiro atoms. The fourth-order valence-electron chi connectivity index (χ4n) is 5.22. The number of hydrogen-bond donors (Lipinski definition) is 4. The third-order valence-corrected chi connectivity index (χ3v) is 9.00. The molecule has 262 valence electrons. The van der Waals surface area contributed by atoms with Crippen LogP contribution in [-0.2, 0) is 48.4 Å². The van der Waals surface area contributed by atoms with Gasteiger partial charge >= 0.3 is 0 Å². The molecular weight excluding hydrogens is 652 g/mol. The lowest BCUT2D eigenvalue weighted by Gasteiger charge is -2.26. The second-order valence-corrected chi connectivity index (χ2v) is 14.5. The van der Waals surface area contributed by atoms with Gasteiger partial charge in [0.25, 0.3) is 5.91 Å². The number of nitrogens with zero attached hydrogens (tertiary/aromatic N) is 2. The van der Waals surface area contributed by atoms with E-state index in [2.05, 4.69) is 26.4 Å². The third kappa shape index (κ3) is 10.7. The maximum atomic E-state index is 13.6. The Labute approximate surface area is 285 Å². The van der Waals surface area contributed by atoms with Crippen molar-refractivity contribution < 1.29 is 36.9 Å². The summed E-state index contributed by atoms with van der Waals surface area (Å²) < 4.78 is 29.1. The highest BCUT2D eigenvalue weighted by molar-refractivity contribution is 7.90. The summed E-state index contributed by atoms with van der Waals surface area (Å²) >= 11 is 0. The van der Waals surface area contributed by atoms with Gasteiger partial charge in [-0.2, -0.15) is 0 Å². The zero-order chi connectivity index (χ0) is 35.7. The highest BCUT2D eigenvalue weighted by atomic mass is 32.2. The molecule has 49 heavy (non-hydrogen) atoms. The lowest BCUT2D eigenvalue weighted by atomic mass is 10.0. The highest BCUT2D eigenvalue weighted by Gasteiger charge is 2.30. The van der Waals surface area contributed by atoms with Gasteiger partial charge in [-0.1, -0.05) is 61.5 Å². The van der Waals surface area contributed by atoms with E-state index < -0.39 is 51.6 Å². The number of rotatable bonds is 7. The summed E-state index contributed by atoms with van der Waals surface area (Å²) in [6.45, 7) is 5.18. The second kappa shape index (κ2) is 16.4. The fourth-order valence-corrected chi connectivity index (χ4v) is 5.85. The maximum Gasteiger partial charge on any atom is 0.274 e. The Hall–Kier alpha value is -5.05. The minimum absolute atomic E-state index is 0.00387. The molecule has 1 aliphatic rings. The van der Waals surface area contributed by atoms with Gasteiger partial charge in [0.05, 0.1) is 17.9 Å². The van der Waals surface area contributed by atoms with Gasteiger partial charge in [-0.25, -0.2) is 8.42 Å². The van der Waals surface area contributed by atoms with E-state index in [0.29, 0.717) is 5.56 Å². The summed E-state index contributed by atoms with van der Waals surface area (Å²) in [4.78, 5) is 68.3. The first kappa shape index (κ1) is 36.8. The van der Waals surface area contributed by atoms with E-state index in [1.165, 1.54) is 30.0 Å². The molecule has 3 aromatic rings. The van der Waals surface area contributed by atoms with Crippen molar-refractivity contribution >= 4 is 39.4 Å². The molecule has 2 bridgehead atoms. The topological polar surface area (TPSA) is 197 Å². The molecule has 2 heterocycles. The van der Waals surface area contributed by atoms with Crippen molar-refractivity contribution in [3.05, 3.63) is 83.2 Å². The molecule has 14 nitrogen and oxygen atoms in total. The first-order valence-corrected chi connectivity index (χ1v) is 17.8. The van der Waals surface area contributed by atoms with E-state index in [0.717, 1.165) is 11.8 Å². The average Bonchev–Trinajstić information content (AvgIpc) is 3.52. The summed E-state index contributed by atoms with van der Waals surface area (Å²) in [7, 11) is -3.42. The normalized spacial score (nSPS) is 20.0. The molecule has 4 N–H and O–H groups in total. The van der Waals surface area contributed by atoms with Crippen molar-refractivity contribution in [2.75, 3.05) is 19.3 Å². The van der Waals surface area contributed by atoms with Crippen LogP contribution < -0.4 is 21.3 Å². The number of hydrogen-bond acceptors (Lipinski definition) is 9. The zero-order valence-corrected chi connectivity index (χ0v) is 28.7. The molecule has 0 unspecified atom stereocenters. The lowest BCUT2D eigenvalue weighted by molar-refractivity contribution is -0.133. The molecule has 3 atom stereocenters. The van der Waals surface area contributed by atoms with Gasteiger partial charge in [-0.3, -0.25) is 24.0 Å². The number of aromatic nitrogens is 1. The number of benzene rings is 2. The summed E-state index contributed by atoms with van der Waals surface area (Å²) in [5.41, 5.74) is 1.24. The van der Waals surface area contributed by atoms with Gasteiger partial charge in [0, 0.05) is 31.8 Å². The molecule has 2 aromatic carbocycles. The smallest absolute Gasteiger partial charge is 0.274 e. The van der Waals surface area contributed by atoms with Gasteiger partial charge in [0.2, 0.25) is 23.6 Å². The summed E-state index contributed by atoms with van der Waals surface area (Å²) in [5, 5.41) is 14.7. The predicted octanol–water partition coefficient (Wildman–Crippen LogP) is 1.16. The Kier molecular flexibility index (Phi) is 12.3. The van der Waals surface area contributed by atoms with Crippen LogP contribution in [0.1, 0.15) is 54.6 Å². The van der Waals surface area contributed by atoms with Crippen molar-refractivity contribution in [3.8, 4) is 0 Å². The van der Waals surface area contributed by atoms with Crippen LogP contribution in [0.4, 0.5) is 0 Å². The van der Waals surface area contributed by atoms with E-state index >= 15 is 0 Å².